The topological polar surface area (TPSA) is 60.9 Å². The fourth-order valence-electron chi connectivity index (χ4n) is 2.01. The van der Waals surface area contributed by atoms with Crippen LogP contribution in [0.3, 0.4) is 0 Å². The van der Waals surface area contributed by atoms with Crippen LogP contribution in [-0.4, -0.2) is 60.0 Å². The van der Waals surface area contributed by atoms with Crippen LogP contribution in [0.15, 0.2) is 0 Å². The van der Waals surface area contributed by atoms with Crippen LogP contribution in [0, 0.1) is 11.3 Å². The number of carboxylic acid groups (broad SMARTS) is 1. The number of nitrogens with zero attached hydrogens (tertiary/aromatic N) is 2. The van der Waals surface area contributed by atoms with Crippen LogP contribution in [0.2, 0.25) is 0 Å². The SMILES string of the molecule is CC(C)C(C)(CC(=O)N1CCN(C)CC1)C(=O)O. The smallest absolute Gasteiger partial charge is 0.310 e. The molecule has 1 fully saturated rings. The largest absolute Gasteiger partial charge is 0.481 e. The minimum Gasteiger partial charge on any atom is -0.481 e. The van der Waals surface area contributed by atoms with Crippen LogP contribution in [0.25, 0.3) is 0 Å². The second kappa shape index (κ2) is 5.69. The van der Waals surface area contributed by atoms with Gasteiger partial charge in [-0.25, -0.2) is 0 Å². The molecule has 18 heavy (non-hydrogen) atoms. The van der Waals surface area contributed by atoms with Gasteiger partial charge in [0.1, 0.15) is 0 Å². The van der Waals surface area contributed by atoms with Gasteiger partial charge in [-0.1, -0.05) is 13.8 Å². The zero-order valence-corrected chi connectivity index (χ0v) is 11.8. The average Bonchev–Trinajstić information content (AvgIpc) is 2.29. The van der Waals surface area contributed by atoms with Gasteiger partial charge in [0.25, 0.3) is 0 Å². The molecule has 1 N–H and O–H groups in total. The third-order valence-corrected chi connectivity index (χ3v) is 4.14. The number of hydrogen-bond acceptors (Lipinski definition) is 3. The monoisotopic (exact) mass is 256 g/mol. The summed E-state index contributed by atoms with van der Waals surface area (Å²) in [5, 5.41) is 9.31. The van der Waals surface area contributed by atoms with E-state index in [4.69, 9.17) is 0 Å². The highest BCUT2D eigenvalue weighted by Gasteiger charge is 2.40. The Morgan fingerprint density at radius 3 is 2.11 bits per heavy atom. The predicted octanol–water partition coefficient (Wildman–Crippen LogP) is 0.897. The van der Waals surface area contributed by atoms with Crippen molar-refractivity contribution in [2.45, 2.75) is 27.2 Å². The maximum atomic E-state index is 12.2. The number of aliphatic carboxylic acids is 1. The van der Waals surface area contributed by atoms with Crippen molar-refractivity contribution in [3.8, 4) is 0 Å². The van der Waals surface area contributed by atoms with Gasteiger partial charge in [0.2, 0.25) is 5.91 Å². The van der Waals surface area contributed by atoms with Crippen molar-refractivity contribution < 1.29 is 14.7 Å². The number of likely N-dealkylation sites (N-methyl/N-ethyl adjacent to an activating group) is 1. The summed E-state index contributed by atoms with van der Waals surface area (Å²) < 4.78 is 0. The molecule has 1 amide bonds. The highest BCUT2D eigenvalue weighted by molar-refractivity contribution is 5.85. The quantitative estimate of drug-likeness (QED) is 0.811. The molecule has 0 radical (unpaired) electrons. The van der Waals surface area contributed by atoms with E-state index in [0.717, 1.165) is 13.1 Å². The van der Waals surface area contributed by atoms with Gasteiger partial charge in [-0.15, -0.1) is 0 Å². The zero-order chi connectivity index (χ0) is 13.9. The molecule has 1 rings (SSSR count). The number of carboxylic acids is 1. The molecule has 5 nitrogen and oxygen atoms in total. The number of carbonyl (C=O) groups excluding carboxylic acids is 1. The molecular weight excluding hydrogens is 232 g/mol. The van der Waals surface area contributed by atoms with Gasteiger partial charge in [-0.2, -0.15) is 0 Å². The lowest BCUT2D eigenvalue weighted by atomic mass is 9.76. The van der Waals surface area contributed by atoms with Crippen LogP contribution in [0.4, 0.5) is 0 Å². The minimum atomic E-state index is -0.972. The zero-order valence-electron chi connectivity index (χ0n) is 11.8. The predicted molar refractivity (Wildman–Crippen MR) is 69.3 cm³/mol. The first kappa shape index (κ1) is 15.0. The Labute approximate surface area is 109 Å². The molecule has 1 aliphatic rings. The fourth-order valence-corrected chi connectivity index (χ4v) is 2.01. The highest BCUT2D eigenvalue weighted by Crippen LogP contribution is 2.32. The van der Waals surface area contributed by atoms with Crippen molar-refractivity contribution in [3.63, 3.8) is 0 Å². The Bertz CT molecular complexity index is 322. The van der Waals surface area contributed by atoms with Gasteiger partial charge < -0.3 is 14.9 Å². The lowest BCUT2D eigenvalue weighted by molar-refractivity contribution is -0.155. The van der Waals surface area contributed by atoms with E-state index in [9.17, 15) is 14.7 Å². The molecule has 0 saturated carbocycles. The normalized spacial score (nSPS) is 20.8. The summed E-state index contributed by atoms with van der Waals surface area (Å²) in [7, 11) is 2.03. The molecule has 1 unspecified atom stereocenters. The van der Waals surface area contributed by atoms with Gasteiger partial charge in [-0.3, -0.25) is 9.59 Å². The molecule has 0 aromatic heterocycles. The highest BCUT2D eigenvalue weighted by atomic mass is 16.4. The Hall–Kier alpha value is -1.10. The maximum Gasteiger partial charge on any atom is 0.310 e. The summed E-state index contributed by atoms with van der Waals surface area (Å²) in [6.07, 6.45) is 0.0870. The third-order valence-electron chi connectivity index (χ3n) is 4.14. The standard InChI is InChI=1S/C13H24N2O3/c1-10(2)13(3,12(17)18)9-11(16)15-7-5-14(4)6-8-15/h10H,5-9H2,1-4H3,(H,17,18). The van der Waals surface area contributed by atoms with Crippen LogP contribution in [-0.2, 0) is 9.59 Å². The van der Waals surface area contributed by atoms with Gasteiger partial charge in [0.15, 0.2) is 0 Å². The summed E-state index contributed by atoms with van der Waals surface area (Å²) >= 11 is 0. The number of amides is 1. The van der Waals surface area contributed by atoms with Gasteiger partial charge in [0.05, 0.1) is 5.41 Å². The van der Waals surface area contributed by atoms with Crippen molar-refractivity contribution in [2.75, 3.05) is 33.2 Å². The van der Waals surface area contributed by atoms with Crippen molar-refractivity contribution in [3.05, 3.63) is 0 Å². The average molecular weight is 256 g/mol. The second-order valence-electron chi connectivity index (χ2n) is 5.74. The van der Waals surface area contributed by atoms with E-state index in [0.29, 0.717) is 13.1 Å². The Kier molecular flexibility index (Phi) is 4.73. The molecule has 1 heterocycles. The minimum absolute atomic E-state index is 0.0401. The molecule has 1 saturated heterocycles. The Morgan fingerprint density at radius 1 is 1.22 bits per heavy atom. The van der Waals surface area contributed by atoms with E-state index in [1.165, 1.54) is 0 Å². The summed E-state index contributed by atoms with van der Waals surface area (Å²) in [5.74, 6) is -0.993. The Balaban J connectivity index is 2.65. The van der Waals surface area contributed by atoms with Crippen LogP contribution in [0.5, 0.6) is 0 Å². The van der Waals surface area contributed by atoms with E-state index >= 15 is 0 Å². The van der Waals surface area contributed by atoms with E-state index in [1.807, 2.05) is 20.9 Å². The lowest BCUT2D eigenvalue weighted by Crippen LogP contribution is -2.49. The fraction of sp³-hybridized carbons (Fsp3) is 0.846. The first-order valence-electron chi connectivity index (χ1n) is 6.47. The maximum absolute atomic E-state index is 12.2. The van der Waals surface area contributed by atoms with E-state index < -0.39 is 11.4 Å². The molecule has 5 heteroatoms. The summed E-state index contributed by atoms with van der Waals surface area (Å²) in [6, 6.07) is 0. The molecule has 0 spiro atoms. The number of rotatable bonds is 4. The number of piperazine rings is 1. The van der Waals surface area contributed by atoms with Crippen LogP contribution in [0.1, 0.15) is 27.2 Å². The summed E-state index contributed by atoms with van der Waals surface area (Å²) in [4.78, 5) is 27.5. The molecule has 1 atom stereocenters. The van der Waals surface area contributed by atoms with Crippen molar-refractivity contribution >= 4 is 11.9 Å². The van der Waals surface area contributed by atoms with Crippen molar-refractivity contribution in [2.24, 2.45) is 11.3 Å². The molecular formula is C13H24N2O3. The second-order valence-corrected chi connectivity index (χ2v) is 5.74. The van der Waals surface area contributed by atoms with Crippen LogP contribution < -0.4 is 0 Å². The summed E-state index contributed by atoms with van der Waals surface area (Å²) in [5.41, 5.74) is -0.972. The van der Waals surface area contributed by atoms with E-state index in [1.54, 1.807) is 11.8 Å². The van der Waals surface area contributed by atoms with Gasteiger partial charge in [-0.05, 0) is 19.9 Å². The Morgan fingerprint density at radius 2 is 1.72 bits per heavy atom. The van der Waals surface area contributed by atoms with Crippen LogP contribution >= 0.6 is 0 Å². The van der Waals surface area contributed by atoms with E-state index in [-0.39, 0.29) is 18.2 Å². The first-order chi connectivity index (χ1) is 8.27. The van der Waals surface area contributed by atoms with Crippen molar-refractivity contribution in [1.82, 2.24) is 9.80 Å². The molecule has 0 aromatic carbocycles. The third kappa shape index (κ3) is 3.22. The van der Waals surface area contributed by atoms with E-state index in [2.05, 4.69) is 4.90 Å². The molecule has 0 aliphatic carbocycles. The lowest BCUT2D eigenvalue weighted by Gasteiger charge is -2.35. The molecule has 0 bridgehead atoms. The van der Waals surface area contributed by atoms with Gasteiger partial charge >= 0.3 is 5.97 Å². The number of carbonyl (C=O) groups is 2. The molecule has 0 aromatic rings. The molecule has 1 aliphatic heterocycles. The summed E-state index contributed by atoms with van der Waals surface area (Å²) in [6.45, 7) is 8.48. The first-order valence-corrected chi connectivity index (χ1v) is 6.47. The number of hydrogen-bond donors (Lipinski definition) is 1. The van der Waals surface area contributed by atoms with Gasteiger partial charge in [0, 0.05) is 32.6 Å². The van der Waals surface area contributed by atoms with Crippen molar-refractivity contribution in [1.29, 1.82) is 0 Å². The molecule has 104 valence electrons.